The zero-order valence-corrected chi connectivity index (χ0v) is 17.7. The highest BCUT2D eigenvalue weighted by Crippen LogP contribution is 2.42. The van der Waals surface area contributed by atoms with E-state index in [-0.39, 0.29) is 23.6 Å². The van der Waals surface area contributed by atoms with Gasteiger partial charge in [0.05, 0.1) is 23.9 Å². The first-order valence-electron chi connectivity index (χ1n) is 8.08. The number of phenols is 1. The molecule has 1 saturated heterocycles. The summed E-state index contributed by atoms with van der Waals surface area (Å²) in [5.74, 6) is -1.13. The van der Waals surface area contributed by atoms with Crippen molar-refractivity contribution in [3.63, 3.8) is 0 Å². The Kier molecular flexibility index (Phi) is 5.90. The van der Waals surface area contributed by atoms with Crippen molar-refractivity contribution in [3.8, 4) is 11.5 Å². The second-order valence-corrected chi connectivity index (χ2v) is 7.25. The molecule has 10 heteroatoms. The molecule has 0 unspecified atom stereocenters. The van der Waals surface area contributed by atoms with Gasteiger partial charge in [-0.1, -0.05) is 0 Å². The fourth-order valence-electron chi connectivity index (χ4n) is 2.53. The van der Waals surface area contributed by atoms with Gasteiger partial charge in [-0.25, -0.2) is 4.79 Å². The van der Waals surface area contributed by atoms with Gasteiger partial charge < -0.3 is 14.3 Å². The van der Waals surface area contributed by atoms with Crippen LogP contribution in [-0.4, -0.2) is 34.5 Å². The summed E-state index contributed by atoms with van der Waals surface area (Å²) in [6, 6.07) is 3.89. The molecular formula is C18H14Br2N2O6. The van der Waals surface area contributed by atoms with Crippen LogP contribution in [-0.2, 0) is 16.1 Å². The minimum atomic E-state index is -0.829. The fraction of sp³-hybridized carbons (Fsp3) is 0.167. The molecule has 2 N–H and O–H groups in total. The lowest BCUT2D eigenvalue weighted by atomic mass is 10.1. The van der Waals surface area contributed by atoms with Crippen LogP contribution < -0.4 is 10.1 Å². The number of nitrogens with one attached hydrogen (secondary N) is 1. The summed E-state index contributed by atoms with van der Waals surface area (Å²) < 4.78 is 11.3. The van der Waals surface area contributed by atoms with Crippen molar-refractivity contribution in [2.24, 2.45) is 0 Å². The number of barbiturate groups is 1. The third kappa shape index (κ3) is 3.83. The Labute approximate surface area is 176 Å². The fourth-order valence-corrected chi connectivity index (χ4v) is 3.37. The van der Waals surface area contributed by atoms with Crippen LogP contribution >= 0.6 is 31.9 Å². The molecule has 0 bridgehead atoms. The Bertz CT molecular complexity index is 984. The van der Waals surface area contributed by atoms with Crippen LogP contribution in [0, 0.1) is 0 Å². The predicted molar refractivity (Wildman–Crippen MR) is 105 cm³/mol. The summed E-state index contributed by atoms with van der Waals surface area (Å²) in [4.78, 5) is 38.0. The van der Waals surface area contributed by atoms with Gasteiger partial charge in [0, 0.05) is 4.47 Å². The van der Waals surface area contributed by atoms with Crippen molar-refractivity contribution >= 4 is 55.8 Å². The highest BCUT2D eigenvalue weighted by atomic mass is 79.9. The van der Waals surface area contributed by atoms with E-state index < -0.39 is 17.8 Å². The Morgan fingerprint density at radius 2 is 2.04 bits per heavy atom. The number of ether oxygens (including phenoxy) is 1. The van der Waals surface area contributed by atoms with E-state index in [9.17, 15) is 19.5 Å². The molecule has 1 aromatic heterocycles. The molecule has 0 saturated carbocycles. The van der Waals surface area contributed by atoms with Gasteiger partial charge in [0.2, 0.25) is 0 Å². The van der Waals surface area contributed by atoms with Gasteiger partial charge in [0.25, 0.3) is 11.8 Å². The number of halogens is 2. The van der Waals surface area contributed by atoms with E-state index in [0.717, 1.165) is 4.90 Å². The van der Waals surface area contributed by atoms with Gasteiger partial charge in [-0.15, -0.1) is 0 Å². The maximum Gasteiger partial charge on any atom is 0.331 e. The van der Waals surface area contributed by atoms with Gasteiger partial charge in [-0.3, -0.25) is 19.8 Å². The Balaban J connectivity index is 2.01. The second kappa shape index (κ2) is 8.19. The zero-order valence-electron chi connectivity index (χ0n) is 14.5. The molecule has 0 spiro atoms. The minimum absolute atomic E-state index is 0.118. The standard InChI is InChI=1S/C18H14Br2N2O6/c1-2-27-12-7-9(13(19)14(20)15(12)23)6-11-16(24)21-18(26)22(17(11)25)8-10-4-3-5-28-10/h3-7,23H,2,8H2,1H3,(H,21,24,26)/b11-6+. The smallest absolute Gasteiger partial charge is 0.331 e. The van der Waals surface area contributed by atoms with Gasteiger partial charge in [-0.05, 0) is 68.6 Å². The highest BCUT2D eigenvalue weighted by molar-refractivity contribution is 9.13. The lowest BCUT2D eigenvalue weighted by Crippen LogP contribution is -2.53. The minimum Gasteiger partial charge on any atom is -0.503 e. The number of imide groups is 2. The largest absolute Gasteiger partial charge is 0.503 e. The average molecular weight is 514 g/mol. The molecule has 1 aromatic carbocycles. The number of aromatic hydroxyl groups is 1. The molecule has 0 radical (unpaired) electrons. The molecule has 0 atom stereocenters. The summed E-state index contributed by atoms with van der Waals surface area (Å²) in [7, 11) is 0. The van der Waals surface area contributed by atoms with Crippen molar-refractivity contribution in [2.45, 2.75) is 13.5 Å². The van der Waals surface area contributed by atoms with E-state index >= 15 is 0 Å². The van der Waals surface area contributed by atoms with Crippen molar-refractivity contribution in [3.05, 3.63) is 50.3 Å². The molecule has 2 heterocycles. The molecule has 28 heavy (non-hydrogen) atoms. The Hall–Kier alpha value is -2.59. The van der Waals surface area contributed by atoms with Crippen molar-refractivity contribution < 1.29 is 28.6 Å². The zero-order chi connectivity index (χ0) is 20.4. The number of phenolic OH excluding ortho intramolecular Hbond substituents is 1. The average Bonchev–Trinajstić information content (AvgIpc) is 3.17. The number of benzene rings is 1. The first kappa shape index (κ1) is 20.2. The van der Waals surface area contributed by atoms with Gasteiger partial charge in [0.1, 0.15) is 11.3 Å². The SMILES string of the molecule is CCOc1cc(/C=C2\C(=O)NC(=O)N(Cc3ccco3)C2=O)c(Br)c(Br)c1O. The topological polar surface area (TPSA) is 109 Å². The van der Waals surface area contributed by atoms with E-state index in [4.69, 9.17) is 9.15 Å². The monoisotopic (exact) mass is 512 g/mol. The number of urea groups is 1. The maximum atomic E-state index is 12.8. The molecule has 4 amide bonds. The lowest BCUT2D eigenvalue weighted by Gasteiger charge is -2.25. The summed E-state index contributed by atoms with van der Waals surface area (Å²) in [6.45, 7) is 1.94. The molecule has 1 fully saturated rings. The molecule has 3 rings (SSSR count). The number of carbonyl (C=O) groups is 3. The highest BCUT2D eigenvalue weighted by Gasteiger charge is 2.36. The molecule has 2 aromatic rings. The predicted octanol–water partition coefficient (Wildman–Crippen LogP) is 3.57. The molecule has 146 valence electrons. The number of carbonyl (C=O) groups excluding carboxylic acids is 3. The van der Waals surface area contributed by atoms with Gasteiger partial charge in [0.15, 0.2) is 11.5 Å². The number of nitrogens with zero attached hydrogens (tertiary/aromatic N) is 1. The molecular weight excluding hydrogens is 500 g/mol. The van der Waals surface area contributed by atoms with Crippen LogP contribution in [0.3, 0.4) is 0 Å². The van der Waals surface area contributed by atoms with Crippen LogP contribution in [0.2, 0.25) is 0 Å². The third-order valence-corrected chi connectivity index (χ3v) is 6.01. The maximum absolute atomic E-state index is 12.8. The Morgan fingerprint density at radius 3 is 2.68 bits per heavy atom. The number of amides is 4. The Morgan fingerprint density at radius 1 is 1.29 bits per heavy atom. The van der Waals surface area contributed by atoms with Gasteiger partial charge in [-0.2, -0.15) is 0 Å². The van der Waals surface area contributed by atoms with Crippen molar-refractivity contribution in [1.82, 2.24) is 10.2 Å². The number of rotatable bonds is 5. The number of furan rings is 1. The lowest BCUT2D eigenvalue weighted by molar-refractivity contribution is -0.130. The summed E-state index contributed by atoms with van der Waals surface area (Å²) in [6.07, 6.45) is 2.74. The third-order valence-electron chi connectivity index (χ3n) is 3.85. The summed E-state index contributed by atoms with van der Waals surface area (Å²) in [5, 5.41) is 12.3. The van der Waals surface area contributed by atoms with E-state index in [1.165, 1.54) is 18.4 Å². The molecule has 1 aliphatic heterocycles. The van der Waals surface area contributed by atoms with Crippen LogP contribution in [0.1, 0.15) is 18.2 Å². The van der Waals surface area contributed by atoms with Crippen LogP contribution in [0.15, 0.2) is 43.4 Å². The second-order valence-electron chi connectivity index (χ2n) is 5.66. The number of hydrogen-bond acceptors (Lipinski definition) is 6. The molecule has 0 aliphatic carbocycles. The molecule has 8 nitrogen and oxygen atoms in total. The van der Waals surface area contributed by atoms with Crippen LogP contribution in [0.4, 0.5) is 4.79 Å². The van der Waals surface area contributed by atoms with Crippen LogP contribution in [0.5, 0.6) is 11.5 Å². The van der Waals surface area contributed by atoms with Crippen LogP contribution in [0.25, 0.3) is 6.08 Å². The first-order chi connectivity index (χ1) is 13.3. The van der Waals surface area contributed by atoms with Gasteiger partial charge >= 0.3 is 6.03 Å². The molecule has 1 aliphatic rings. The quantitative estimate of drug-likeness (QED) is 0.467. The van der Waals surface area contributed by atoms with E-state index in [0.29, 0.717) is 26.9 Å². The normalized spacial score (nSPS) is 15.9. The van der Waals surface area contributed by atoms with E-state index in [2.05, 4.69) is 37.2 Å². The number of hydrogen-bond donors (Lipinski definition) is 2. The van der Waals surface area contributed by atoms with E-state index in [1.54, 1.807) is 19.1 Å². The van der Waals surface area contributed by atoms with Crippen molar-refractivity contribution in [2.75, 3.05) is 6.61 Å². The summed E-state index contributed by atoms with van der Waals surface area (Å²) >= 11 is 6.55. The van der Waals surface area contributed by atoms with E-state index in [1.807, 2.05) is 0 Å². The van der Waals surface area contributed by atoms with Crippen molar-refractivity contribution in [1.29, 1.82) is 0 Å². The summed E-state index contributed by atoms with van der Waals surface area (Å²) in [5.41, 5.74) is 0.158. The first-order valence-corrected chi connectivity index (χ1v) is 9.67.